The van der Waals surface area contributed by atoms with Crippen LogP contribution in [0.5, 0.6) is 0 Å². The quantitative estimate of drug-likeness (QED) is 0.784. The minimum atomic E-state index is -0.988. The zero-order valence-corrected chi connectivity index (χ0v) is 8.44. The zero-order valence-electron chi connectivity index (χ0n) is 8.44. The molecule has 1 aromatic heterocycles. The van der Waals surface area contributed by atoms with Crippen molar-refractivity contribution in [3.05, 3.63) is 18.2 Å². The summed E-state index contributed by atoms with van der Waals surface area (Å²) in [6.45, 7) is 3.52. The van der Waals surface area contributed by atoms with E-state index in [-0.39, 0.29) is 11.9 Å². The molecule has 0 spiro atoms. The summed E-state index contributed by atoms with van der Waals surface area (Å²) in [6, 6.07) is -0.782. The van der Waals surface area contributed by atoms with Crippen LogP contribution in [0.15, 0.2) is 12.4 Å². The molecule has 0 saturated carbocycles. The molecule has 0 aliphatic rings. The van der Waals surface area contributed by atoms with Crippen LogP contribution in [0.3, 0.4) is 0 Å². The van der Waals surface area contributed by atoms with Crippen molar-refractivity contribution in [1.29, 1.82) is 0 Å². The Balaban J connectivity index is 2.74. The van der Waals surface area contributed by atoms with Crippen molar-refractivity contribution in [3.8, 4) is 0 Å². The van der Waals surface area contributed by atoms with Crippen molar-refractivity contribution in [2.75, 3.05) is 5.32 Å². The summed E-state index contributed by atoms with van der Waals surface area (Å²) in [5, 5.41) is 11.5. The van der Waals surface area contributed by atoms with Gasteiger partial charge in [-0.2, -0.15) is 0 Å². The number of aromatic nitrogens is 2. The van der Waals surface area contributed by atoms with Gasteiger partial charge in [-0.25, -0.2) is 19.2 Å². The Labute approximate surface area is 86.4 Å². The van der Waals surface area contributed by atoms with Gasteiger partial charge in [-0.15, -0.1) is 0 Å². The average Bonchev–Trinajstić information content (AvgIpc) is 2.15. The second-order valence-electron chi connectivity index (χ2n) is 3.43. The normalized spacial score (nSPS) is 12.5. The average molecular weight is 213 g/mol. The van der Waals surface area contributed by atoms with Crippen molar-refractivity contribution in [2.45, 2.75) is 19.9 Å². The number of halogens is 1. The molecule has 82 valence electrons. The summed E-state index contributed by atoms with van der Waals surface area (Å²) in [4.78, 5) is 18.1. The predicted octanol–water partition coefficient (Wildman–Crippen LogP) is 1.14. The fraction of sp³-hybridized carbons (Fsp3) is 0.444. The third-order valence-corrected chi connectivity index (χ3v) is 1.84. The van der Waals surface area contributed by atoms with E-state index in [1.807, 2.05) is 0 Å². The summed E-state index contributed by atoms with van der Waals surface area (Å²) in [5.74, 6) is -1.55. The van der Waals surface area contributed by atoms with Crippen molar-refractivity contribution in [2.24, 2.45) is 5.92 Å². The van der Waals surface area contributed by atoms with Crippen molar-refractivity contribution in [1.82, 2.24) is 9.97 Å². The van der Waals surface area contributed by atoms with Gasteiger partial charge in [0.25, 0.3) is 0 Å². The molecule has 6 heteroatoms. The van der Waals surface area contributed by atoms with E-state index in [0.717, 1.165) is 12.4 Å². The van der Waals surface area contributed by atoms with Crippen LogP contribution in [0.4, 0.5) is 10.3 Å². The number of carboxylic acid groups (broad SMARTS) is 1. The van der Waals surface area contributed by atoms with Gasteiger partial charge in [0.2, 0.25) is 5.95 Å². The summed E-state index contributed by atoms with van der Waals surface area (Å²) in [6.07, 6.45) is 1.96. The first-order valence-electron chi connectivity index (χ1n) is 4.47. The first-order valence-corrected chi connectivity index (χ1v) is 4.47. The Morgan fingerprint density at radius 1 is 1.47 bits per heavy atom. The first-order chi connectivity index (χ1) is 7.00. The van der Waals surface area contributed by atoms with Crippen LogP contribution >= 0.6 is 0 Å². The predicted molar refractivity (Wildman–Crippen MR) is 51.9 cm³/mol. The van der Waals surface area contributed by atoms with E-state index in [1.54, 1.807) is 13.8 Å². The fourth-order valence-corrected chi connectivity index (χ4v) is 1.04. The third kappa shape index (κ3) is 3.16. The molecule has 0 aromatic carbocycles. The highest BCUT2D eigenvalue weighted by molar-refractivity contribution is 5.76. The van der Waals surface area contributed by atoms with Gasteiger partial charge in [0.1, 0.15) is 6.04 Å². The Bertz CT molecular complexity index is 340. The summed E-state index contributed by atoms with van der Waals surface area (Å²) >= 11 is 0. The zero-order chi connectivity index (χ0) is 11.4. The SMILES string of the molecule is CC(C)[C@@H](Nc1ncc(F)cn1)C(=O)O. The van der Waals surface area contributed by atoms with Gasteiger partial charge in [0, 0.05) is 0 Å². The molecule has 1 rings (SSSR count). The highest BCUT2D eigenvalue weighted by Gasteiger charge is 2.21. The lowest BCUT2D eigenvalue weighted by molar-refractivity contribution is -0.138. The van der Waals surface area contributed by atoms with E-state index < -0.39 is 17.8 Å². The molecule has 1 heterocycles. The van der Waals surface area contributed by atoms with E-state index in [4.69, 9.17) is 5.11 Å². The number of rotatable bonds is 4. The molecule has 2 N–H and O–H groups in total. The van der Waals surface area contributed by atoms with Crippen LogP contribution < -0.4 is 5.32 Å². The second kappa shape index (κ2) is 4.68. The number of hydrogen-bond donors (Lipinski definition) is 2. The minimum Gasteiger partial charge on any atom is -0.480 e. The molecule has 0 unspecified atom stereocenters. The number of anilines is 1. The molecule has 0 amide bonds. The molecule has 0 radical (unpaired) electrons. The maximum Gasteiger partial charge on any atom is 0.326 e. The van der Waals surface area contributed by atoms with Gasteiger partial charge in [-0.1, -0.05) is 13.8 Å². The number of nitrogens with zero attached hydrogens (tertiary/aromatic N) is 2. The summed E-state index contributed by atoms with van der Waals surface area (Å²) in [7, 11) is 0. The molecule has 1 aromatic rings. The largest absolute Gasteiger partial charge is 0.480 e. The number of aliphatic carboxylic acids is 1. The number of nitrogens with one attached hydrogen (secondary N) is 1. The lowest BCUT2D eigenvalue weighted by Gasteiger charge is -2.17. The van der Waals surface area contributed by atoms with Crippen LogP contribution in [0.25, 0.3) is 0 Å². The number of hydrogen-bond acceptors (Lipinski definition) is 4. The maximum absolute atomic E-state index is 12.5. The van der Waals surface area contributed by atoms with Crippen LogP contribution in [0, 0.1) is 11.7 Å². The number of carbonyl (C=O) groups is 1. The first kappa shape index (κ1) is 11.4. The van der Waals surface area contributed by atoms with Crippen molar-refractivity contribution < 1.29 is 14.3 Å². The minimum absolute atomic E-state index is 0.109. The lowest BCUT2D eigenvalue weighted by Crippen LogP contribution is -2.34. The van der Waals surface area contributed by atoms with Gasteiger partial charge in [0.15, 0.2) is 5.82 Å². The maximum atomic E-state index is 12.5. The molecular weight excluding hydrogens is 201 g/mol. The topological polar surface area (TPSA) is 75.1 Å². The van der Waals surface area contributed by atoms with Gasteiger partial charge >= 0.3 is 5.97 Å². The van der Waals surface area contributed by atoms with Crippen molar-refractivity contribution >= 4 is 11.9 Å². The summed E-state index contributed by atoms with van der Waals surface area (Å²) < 4.78 is 12.5. The van der Waals surface area contributed by atoms with E-state index in [1.165, 1.54) is 0 Å². The Hall–Kier alpha value is -1.72. The molecule has 0 aliphatic heterocycles. The van der Waals surface area contributed by atoms with Crippen LogP contribution in [-0.4, -0.2) is 27.1 Å². The Morgan fingerprint density at radius 2 is 2.00 bits per heavy atom. The fourth-order valence-electron chi connectivity index (χ4n) is 1.04. The Kier molecular flexibility index (Phi) is 3.54. The van der Waals surface area contributed by atoms with Gasteiger partial charge < -0.3 is 10.4 Å². The van der Waals surface area contributed by atoms with Gasteiger partial charge in [-0.3, -0.25) is 0 Å². The molecule has 5 nitrogen and oxygen atoms in total. The van der Waals surface area contributed by atoms with E-state index in [2.05, 4.69) is 15.3 Å². The number of carboxylic acids is 1. The third-order valence-electron chi connectivity index (χ3n) is 1.84. The Morgan fingerprint density at radius 3 is 2.40 bits per heavy atom. The molecule has 0 fully saturated rings. The van der Waals surface area contributed by atoms with E-state index >= 15 is 0 Å². The summed E-state index contributed by atoms with van der Waals surface area (Å²) in [5.41, 5.74) is 0. The van der Waals surface area contributed by atoms with Gasteiger partial charge in [0.05, 0.1) is 12.4 Å². The monoisotopic (exact) mass is 213 g/mol. The highest BCUT2D eigenvalue weighted by atomic mass is 19.1. The lowest BCUT2D eigenvalue weighted by atomic mass is 10.1. The van der Waals surface area contributed by atoms with Crippen LogP contribution in [0.1, 0.15) is 13.8 Å². The van der Waals surface area contributed by atoms with Crippen LogP contribution in [-0.2, 0) is 4.79 Å². The molecule has 1 atom stereocenters. The smallest absolute Gasteiger partial charge is 0.326 e. The van der Waals surface area contributed by atoms with Gasteiger partial charge in [-0.05, 0) is 5.92 Å². The second-order valence-corrected chi connectivity index (χ2v) is 3.43. The van der Waals surface area contributed by atoms with Crippen LogP contribution in [0.2, 0.25) is 0 Å². The van der Waals surface area contributed by atoms with E-state index in [9.17, 15) is 9.18 Å². The molecule has 0 saturated heterocycles. The molecule has 15 heavy (non-hydrogen) atoms. The standard InChI is InChI=1S/C9H12FN3O2/c1-5(2)7(8(14)15)13-9-11-3-6(10)4-12-9/h3-5,7H,1-2H3,(H,14,15)(H,11,12,13)/t7-/m1/s1. The molecular formula is C9H12FN3O2. The van der Waals surface area contributed by atoms with Crippen molar-refractivity contribution in [3.63, 3.8) is 0 Å². The van der Waals surface area contributed by atoms with E-state index in [0.29, 0.717) is 0 Å². The highest BCUT2D eigenvalue weighted by Crippen LogP contribution is 2.08. The molecule has 0 aliphatic carbocycles. The molecule has 0 bridgehead atoms.